The highest BCUT2D eigenvalue weighted by Crippen LogP contribution is 2.09. The molecular formula is C7H12BF4N. The van der Waals surface area contributed by atoms with Crippen molar-refractivity contribution in [3.8, 4) is 0 Å². The van der Waals surface area contributed by atoms with Gasteiger partial charge in [0.2, 0.25) is 0 Å². The Balaban J connectivity index is 0.000000252. The van der Waals surface area contributed by atoms with Crippen molar-refractivity contribution >= 4 is 7.25 Å². The lowest BCUT2D eigenvalue weighted by atomic mass is 10.3. The molecule has 0 radical (unpaired) electrons. The fraction of sp³-hybridized carbons (Fsp3) is 0.429. The maximum Gasteiger partial charge on any atom is 0.673 e. The first-order valence-electron chi connectivity index (χ1n) is 3.86. The standard InChI is InChI=1S/C7H12N.BF4/c1-3-8(2)6-4-5-7-8;2-1(3,4)5/h4-7H,3H2,1-2H3;/q+1;-1. The first kappa shape index (κ1) is 12.2. The molecule has 1 rings (SSSR count). The smallest absolute Gasteiger partial charge is 0.418 e. The molecule has 0 saturated carbocycles. The molecule has 0 spiro atoms. The summed E-state index contributed by atoms with van der Waals surface area (Å²) in [6, 6.07) is 0. The van der Waals surface area contributed by atoms with Crippen LogP contribution in [0.2, 0.25) is 0 Å². The number of hydrogen-bond donors (Lipinski definition) is 0. The third-order valence-electron chi connectivity index (χ3n) is 1.65. The molecule has 0 unspecified atom stereocenters. The average Bonchev–Trinajstić information content (AvgIpc) is 2.34. The number of allylic oxidation sites excluding steroid dienone is 2. The van der Waals surface area contributed by atoms with Gasteiger partial charge >= 0.3 is 7.25 Å². The molecule has 76 valence electrons. The molecule has 1 nitrogen and oxygen atoms in total. The van der Waals surface area contributed by atoms with Crippen LogP contribution >= 0.6 is 0 Å². The molecule has 0 fully saturated rings. The van der Waals surface area contributed by atoms with E-state index < -0.39 is 7.25 Å². The average molecular weight is 197 g/mol. The Morgan fingerprint density at radius 2 is 1.38 bits per heavy atom. The SMILES string of the molecule is CC[N+]1(C)C=CC=C1.F[B-](F)(F)F. The summed E-state index contributed by atoms with van der Waals surface area (Å²) in [5.41, 5.74) is 0. The molecule has 0 bridgehead atoms. The number of halogens is 4. The van der Waals surface area contributed by atoms with Crippen molar-refractivity contribution in [3.05, 3.63) is 24.6 Å². The minimum Gasteiger partial charge on any atom is -0.418 e. The van der Waals surface area contributed by atoms with E-state index in [-0.39, 0.29) is 0 Å². The quantitative estimate of drug-likeness (QED) is 0.344. The van der Waals surface area contributed by atoms with Crippen LogP contribution in [-0.2, 0) is 0 Å². The first-order valence-corrected chi connectivity index (χ1v) is 3.86. The summed E-state index contributed by atoms with van der Waals surface area (Å²) in [6.07, 6.45) is 8.53. The number of hydrogen-bond acceptors (Lipinski definition) is 0. The van der Waals surface area contributed by atoms with Crippen LogP contribution in [0.4, 0.5) is 17.3 Å². The first-order chi connectivity index (χ1) is 5.77. The molecule has 0 aliphatic carbocycles. The Morgan fingerprint density at radius 3 is 1.54 bits per heavy atom. The molecule has 0 aromatic rings. The molecule has 1 aliphatic heterocycles. The van der Waals surface area contributed by atoms with Crippen LogP contribution in [0.5, 0.6) is 0 Å². The summed E-state index contributed by atoms with van der Waals surface area (Å²) in [5, 5.41) is 0. The van der Waals surface area contributed by atoms with Crippen molar-refractivity contribution in [1.29, 1.82) is 0 Å². The molecule has 0 N–H and O–H groups in total. The van der Waals surface area contributed by atoms with Crippen molar-refractivity contribution in [2.45, 2.75) is 6.92 Å². The fourth-order valence-electron chi connectivity index (χ4n) is 0.753. The minimum atomic E-state index is -6.00. The number of quaternary nitrogens is 1. The second kappa shape index (κ2) is 4.46. The molecule has 13 heavy (non-hydrogen) atoms. The van der Waals surface area contributed by atoms with Gasteiger partial charge in [-0.15, -0.1) is 0 Å². The summed E-state index contributed by atoms with van der Waals surface area (Å²) in [7, 11) is -3.82. The van der Waals surface area contributed by atoms with Gasteiger partial charge in [0.05, 0.1) is 13.6 Å². The summed E-state index contributed by atoms with van der Waals surface area (Å²) in [4.78, 5) is 0. The largest absolute Gasteiger partial charge is 0.673 e. The van der Waals surface area contributed by atoms with E-state index in [1.54, 1.807) is 0 Å². The Bertz CT molecular complexity index is 191. The van der Waals surface area contributed by atoms with E-state index in [0.29, 0.717) is 0 Å². The molecular weight excluding hydrogens is 185 g/mol. The van der Waals surface area contributed by atoms with Crippen molar-refractivity contribution in [2.24, 2.45) is 0 Å². The van der Waals surface area contributed by atoms with Crippen molar-refractivity contribution in [3.63, 3.8) is 0 Å². The van der Waals surface area contributed by atoms with Crippen LogP contribution < -0.4 is 0 Å². The highest BCUT2D eigenvalue weighted by atomic mass is 19.5. The molecule has 0 saturated heterocycles. The molecule has 0 aromatic heterocycles. The summed E-state index contributed by atoms with van der Waals surface area (Å²) < 4.78 is 40.0. The maximum absolute atomic E-state index is 9.75. The zero-order valence-electron chi connectivity index (χ0n) is 7.55. The highest BCUT2D eigenvalue weighted by Gasteiger charge is 2.20. The lowest BCUT2D eigenvalue weighted by Gasteiger charge is -2.20. The van der Waals surface area contributed by atoms with Crippen molar-refractivity contribution in [1.82, 2.24) is 0 Å². The lowest BCUT2D eigenvalue weighted by molar-refractivity contribution is -0.801. The van der Waals surface area contributed by atoms with Crippen LogP contribution in [0, 0.1) is 0 Å². The zero-order valence-corrected chi connectivity index (χ0v) is 7.55. The molecule has 1 heterocycles. The van der Waals surface area contributed by atoms with Crippen molar-refractivity contribution in [2.75, 3.05) is 13.6 Å². The molecule has 6 heteroatoms. The second-order valence-corrected chi connectivity index (χ2v) is 2.84. The Kier molecular flexibility index (Phi) is 4.19. The van der Waals surface area contributed by atoms with E-state index in [9.17, 15) is 17.3 Å². The third-order valence-corrected chi connectivity index (χ3v) is 1.65. The van der Waals surface area contributed by atoms with E-state index in [1.807, 2.05) is 0 Å². The van der Waals surface area contributed by atoms with Crippen LogP contribution in [0.15, 0.2) is 24.6 Å². The third kappa shape index (κ3) is 7.58. The van der Waals surface area contributed by atoms with Gasteiger partial charge in [0, 0.05) is 0 Å². The van der Waals surface area contributed by atoms with Gasteiger partial charge in [0.1, 0.15) is 12.4 Å². The fourth-order valence-corrected chi connectivity index (χ4v) is 0.753. The van der Waals surface area contributed by atoms with Crippen molar-refractivity contribution < 1.29 is 21.7 Å². The topological polar surface area (TPSA) is 0 Å². The van der Waals surface area contributed by atoms with E-state index in [1.165, 1.54) is 0 Å². The van der Waals surface area contributed by atoms with Gasteiger partial charge in [-0.1, -0.05) is 0 Å². The van der Waals surface area contributed by atoms with Gasteiger partial charge in [0.15, 0.2) is 0 Å². The zero-order chi connectivity index (χ0) is 10.5. The van der Waals surface area contributed by atoms with Gasteiger partial charge in [-0.05, 0) is 19.1 Å². The Morgan fingerprint density at radius 1 is 1.08 bits per heavy atom. The van der Waals surface area contributed by atoms with Crippen LogP contribution in [0.1, 0.15) is 6.92 Å². The van der Waals surface area contributed by atoms with E-state index in [4.69, 9.17) is 0 Å². The Hall–Kier alpha value is -0.775. The van der Waals surface area contributed by atoms with Gasteiger partial charge in [0.25, 0.3) is 0 Å². The minimum absolute atomic E-state index is 0.958. The highest BCUT2D eigenvalue weighted by molar-refractivity contribution is 6.50. The monoisotopic (exact) mass is 197 g/mol. The Labute approximate surface area is 75.0 Å². The van der Waals surface area contributed by atoms with Gasteiger partial charge in [-0.25, -0.2) is 0 Å². The van der Waals surface area contributed by atoms with Gasteiger partial charge < -0.3 is 17.3 Å². The van der Waals surface area contributed by atoms with Gasteiger partial charge in [-0.3, -0.25) is 4.48 Å². The number of nitrogens with zero attached hydrogens (tertiary/aromatic N) is 1. The molecule has 1 aliphatic rings. The summed E-state index contributed by atoms with van der Waals surface area (Å²) in [5.74, 6) is 0. The van der Waals surface area contributed by atoms with Gasteiger partial charge in [-0.2, -0.15) is 0 Å². The summed E-state index contributed by atoms with van der Waals surface area (Å²) >= 11 is 0. The van der Waals surface area contributed by atoms with E-state index in [0.717, 1.165) is 11.0 Å². The van der Waals surface area contributed by atoms with Crippen LogP contribution in [-0.4, -0.2) is 25.3 Å². The number of rotatable bonds is 1. The predicted octanol–water partition coefficient (Wildman–Crippen LogP) is 2.79. The lowest BCUT2D eigenvalue weighted by Crippen LogP contribution is -2.29. The van der Waals surface area contributed by atoms with E-state index >= 15 is 0 Å². The second-order valence-electron chi connectivity index (χ2n) is 2.84. The maximum atomic E-state index is 9.75. The predicted molar refractivity (Wildman–Crippen MR) is 45.2 cm³/mol. The summed E-state index contributed by atoms with van der Waals surface area (Å²) in [6.45, 7) is 3.33. The molecule has 0 amide bonds. The van der Waals surface area contributed by atoms with E-state index in [2.05, 4.69) is 38.5 Å². The molecule has 0 aromatic carbocycles. The normalized spacial score (nSPS) is 18.3. The van der Waals surface area contributed by atoms with Crippen LogP contribution in [0.3, 0.4) is 0 Å². The van der Waals surface area contributed by atoms with Crippen LogP contribution in [0.25, 0.3) is 0 Å². The molecule has 0 atom stereocenters.